The summed E-state index contributed by atoms with van der Waals surface area (Å²) in [7, 11) is -3.05. The molecule has 7 heteroatoms. The Bertz CT molecular complexity index is 167. The molecule has 10 heavy (non-hydrogen) atoms. The van der Waals surface area contributed by atoms with Crippen LogP contribution in [-0.4, -0.2) is 17.6 Å². The first kappa shape index (κ1) is 14.2. The summed E-state index contributed by atoms with van der Waals surface area (Å²) in [6.45, 7) is 1.67. The molecule has 0 aliphatic heterocycles. The van der Waals surface area contributed by atoms with Gasteiger partial charge in [0, 0.05) is 0 Å². The molecule has 58 valence electrons. The van der Waals surface area contributed by atoms with Gasteiger partial charge in [-0.15, -0.1) is 11.7 Å². The van der Waals surface area contributed by atoms with Crippen molar-refractivity contribution < 1.29 is 44.0 Å². The van der Waals surface area contributed by atoms with Crippen molar-refractivity contribution in [3.8, 4) is 0 Å². The average Bonchev–Trinajstić information content (AvgIpc) is 1.65. The number of rotatable bonds is 3. The minimum Gasteiger partial charge on any atom is -1.00 e. The molecular weight excluding hydrogens is 203 g/mol. The molecule has 0 heterocycles. The molecule has 0 aromatic carbocycles. The van der Waals surface area contributed by atoms with Crippen LogP contribution in [0.1, 0.15) is 14.8 Å². The van der Waals surface area contributed by atoms with Gasteiger partial charge in [0.25, 0.3) is 10.1 Å². The minimum absolute atomic E-state index is 0. The van der Waals surface area contributed by atoms with Crippen LogP contribution in [0.5, 0.6) is 0 Å². The van der Waals surface area contributed by atoms with Gasteiger partial charge < -0.3 is 1.43 Å². The van der Waals surface area contributed by atoms with Crippen molar-refractivity contribution in [3.05, 3.63) is 0 Å². The average molecular weight is 212 g/mol. The van der Waals surface area contributed by atoms with E-state index in [4.69, 9.17) is 4.55 Å². The van der Waals surface area contributed by atoms with Crippen LogP contribution in [0, 0.1) is 0 Å². The second-order valence-corrected chi connectivity index (χ2v) is 4.77. The smallest absolute Gasteiger partial charge is 1.00 e. The molecule has 0 spiro atoms. The number of hydrogen-bond acceptors (Lipinski definition) is 4. The van der Waals surface area contributed by atoms with E-state index in [1.807, 2.05) is 0 Å². The van der Waals surface area contributed by atoms with E-state index in [1.165, 1.54) is 0 Å². The van der Waals surface area contributed by atoms with Crippen molar-refractivity contribution in [2.75, 3.05) is 0 Å². The maximum absolute atomic E-state index is 10.3. The molecule has 0 amide bonds. The third kappa shape index (κ3) is 5.29. The van der Waals surface area contributed by atoms with Crippen molar-refractivity contribution in [2.24, 2.45) is 0 Å². The maximum Gasteiger partial charge on any atom is 1.00 e. The van der Waals surface area contributed by atoms with Gasteiger partial charge in [-0.25, -0.2) is 0 Å². The van der Waals surface area contributed by atoms with Gasteiger partial charge in [-0.1, -0.05) is 17.7 Å². The van der Waals surface area contributed by atoms with Crippen LogP contribution in [0.25, 0.3) is 0 Å². The molecule has 1 atom stereocenters. The summed E-state index contributed by atoms with van der Waals surface area (Å²) in [5, 5.41) is 0. The molecule has 0 saturated heterocycles. The van der Waals surface area contributed by atoms with Crippen molar-refractivity contribution in [1.29, 1.82) is 0 Å². The van der Waals surface area contributed by atoms with E-state index in [2.05, 4.69) is 11.7 Å². The van der Waals surface area contributed by atoms with E-state index < -0.39 is 14.7 Å². The van der Waals surface area contributed by atoms with Gasteiger partial charge in [-0.05, 0) is 6.42 Å². The largest absolute Gasteiger partial charge is 1.00 e. The molecule has 0 bridgehead atoms. The first-order valence-corrected chi connectivity index (χ1v) is 5.72. The van der Waals surface area contributed by atoms with E-state index in [0.717, 1.165) is 10.8 Å². The molecule has 0 rings (SSSR count). The summed E-state index contributed by atoms with van der Waals surface area (Å²) >= 11 is 3.67. The van der Waals surface area contributed by atoms with E-state index >= 15 is 0 Å². The molecular formula is C3H9NaO3S3. The zero-order valence-electron chi connectivity index (χ0n) is 6.81. The third-order valence-electron chi connectivity index (χ3n) is 0.783. The van der Waals surface area contributed by atoms with Crippen LogP contribution >= 0.6 is 22.5 Å². The van der Waals surface area contributed by atoms with Crippen LogP contribution < -0.4 is 29.6 Å². The molecule has 0 aliphatic carbocycles. The fraction of sp³-hybridized carbons (Fsp3) is 1.00. The predicted molar refractivity (Wildman–Crippen MR) is 43.3 cm³/mol. The third-order valence-corrected chi connectivity index (χ3v) is 4.56. The molecule has 0 aromatic heterocycles. The van der Waals surface area contributed by atoms with Gasteiger partial charge in [0.1, 0.15) is 4.58 Å². The van der Waals surface area contributed by atoms with Crippen molar-refractivity contribution in [2.45, 2.75) is 17.9 Å². The topological polar surface area (TPSA) is 54.4 Å². The standard InChI is InChI=1S/C3H8O3S3.Na.H/c1-2-3(8-7)9(4,5)6;;/h3,7H,2H2,1H3,(H,4,5,6);;/q;+1;-1. The van der Waals surface area contributed by atoms with Crippen LogP contribution in [0.2, 0.25) is 0 Å². The molecule has 3 nitrogen and oxygen atoms in total. The maximum atomic E-state index is 10.3. The SMILES string of the molecule is CCC(SS)S(=O)(=O)O.[H-].[Na+]. The van der Waals surface area contributed by atoms with E-state index in [-0.39, 0.29) is 31.0 Å². The summed E-state index contributed by atoms with van der Waals surface area (Å²) in [5.41, 5.74) is 0. The molecule has 0 fully saturated rings. The van der Waals surface area contributed by atoms with E-state index in [1.54, 1.807) is 6.92 Å². The molecule has 0 radical (unpaired) electrons. The monoisotopic (exact) mass is 212 g/mol. The van der Waals surface area contributed by atoms with Gasteiger partial charge in [-0.3, -0.25) is 4.55 Å². The first-order chi connectivity index (χ1) is 4.02. The second-order valence-electron chi connectivity index (χ2n) is 1.46. The fourth-order valence-corrected chi connectivity index (χ4v) is 2.77. The predicted octanol–water partition coefficient (Wildman–Crippen LogP) is -1.70. The van der Waals surface area contributed by atoms with Crippen LogP contribution in [0.4, 0.5) is 0 Å². The molecule has 0 aromatic rings. The number of thiol groups is 1. The summed E-state index contributed by atoms with van der Waals surface area (Å²) in [4.78, 5) is 0. The Morgan fingerprint density at radius 3 is 2.20 bits per heavy atom. The second kappa shape index (κ2) is 6.16. The molecule has 1 unspecified atom stereocenters. The Morgan fingerprint density at radius 2 is 2.20 bits per heavy atom. The molecule has 0 saturated carbocycles. The molecule has 0 aliphatic rings. The summed E-state index contributed by atoms with van der Waals surface area (Å²) < 4.78 is 28.1. The zero-order chi connectivity index (χ0) is 7.49. The van der Waals surface area contributed by atoms with Gasteiger partial charge in [0.2, 0.25) is 0 Å². The van der Waals surface area contributed by atoms with Gasteiger partial charge >= 0.3 is 29.6 Å². The Kier molecular flexibility index (Phi) is 8.72. The number of hydrogen-bond donors (Lipinski definition) is 2. The van der Waals surface area contributed by atoms with Crippen LogP contribution in [0.15, 0.2) is 0 Å². The normalized spacial score (nSPS) is 13.9. The molecule has 1 N–H and O–H groups in total. The summed E-state index contributed by atoms with van der Waals surface area (Å²) in [5.74, 6) is 0. The van der Waals surface area contributed by atoms with Crippen molar-refractivity contribution in [3.63, 3.8) is 0 Å². The Morgan fingerprint density at radius 1 is 1.80 bits per heavy atom. The zero-order valence-corrected chi connectivity index (χ0v) is 10.3. The van der Waals surface area contributed by atoms with Crippen molar-refractivity contribution >= 4 is 32.6 Å². The minimum atomic E-state index is -3.88. The van der Waals surface area contributed by atoms with Gasteiger partial charge in [0.15, 0.2) is 0 Å². The Balaban J connectivity index is -0.000000320. The van der Waals surface area contributed by atoms with Crippen LogP contribution in [0.3, 0.4) is 0 Å². The van der Waals surface area contributed by atoms with Gasteiger partial charge in [0.05, 0.1) is 0 Å². The first-order valence-electron chi connectivity index (χ1n) is 2.29. The fourth-order valence-electron chi connectivity index (χ4n) is 0.340. The van der Waals surface area contributed by atoms with Crippen molar-refractivity contribution in [1.82, 2.24) is 0 Å². The van der Waals surface area contributed by atoms with Crippen LogP contribution in [-0.2, 0) is 10.1 Å². The van der Waals surface area contributed by atoms with E-state index in [0.29, 0.717) is 6.42 Å². The summed E-state index contributed by atoms with van der Waals surface area (Å²) in [6, 6.07) is 0. The Hall–Kier alpha value is 1.61. The summed E-state index contributed by atoms with van der Waals surface area (Å²) in [6.07, 6.45) is 0.368. The van der Waals surface area contributed by atoms with E-state index in [9.17, 15) is 8.42 Å². The quantitative estimate of drug-likeness (QED) is 0.253. The van der Waals surface area contributed by atoms with Gasteiger partial charge in [-0.2, -0.15) is 8.42 Å². The Labute approximate surface area is 93.7 Å².